The first-order valence-corrected chi connectivity index (χ1v) is 8.95. The van der Waals surface area contributed by atoms with Gasteiger partial charge in [0.15, 0.2) is 17.8 Å². The van der Waals surface area contributed by atoms with Crippen LogP contribution in [0.4, 0.5) is 0 Å². The minimum Gasteiger partial charge on any atom is -0.445 e. The largest absolute Gasteiger partial charge is 0.445 e. The lowest BCUT2D eigenvalue weighted by atomic mass is 10.1. The van der Waals surface area contributed by atoms with E-state index in [1.54, 1.807) is 11.8 Å². The Morgan fingerprint density at radius 3 is 3.00 bits per heavy atom. The average molecular weight is 332 g/mol. The number of nitrogens with zero attached hydrogens (tertiary/aromatic N) is 1. The molecule has 1 saturated heterocycles. The van der Waals surface area contributed by atoms with Crippen molar-refractivity contribution in [1.82, 2.24) is 10.3 Å². The minimum atomic E-state index is -0.190. The summed E-state index contributed by atoms with van der Waals surface area (Å²) in [4.78, 5) is 16.3. The van der Waals surface area contributed by atoms with Gasteiger partial charge in [0.25, 0.3) is 5.91 Å². The van der Waals surface area contributed by atoms with E-state index in [2.05, 4.69) is 22.4 Å². The molecule has 0 saturated carbocycles. The van der Waals surface area contributed by atoms with E-state index in [0.717, 1.165) is 24.3 Å². The number of thioether (sulfide) groups is 1. The molecule has 1 atom stereocenters. The van der Waals surface area contributed by atoms with Gasteiger partial charge in [-0.3, -0.25) is 4.79 Å². The highest BCUT2D eigenvalue weighted by molar-refractivity contribution is 7.98. The molecule has 6 heteroatoms. The van der Waals surface area contributed by atoms with Crippen LogP contribution >= 0.6 is 11.8 Å². The Morgan fingerprint density at radius 1 is 1.35 bits per heavy atom. The first-order chi connectivity index (χ1) is 11.3. The van der Waals surface area contributed by atoms with Crippen LogP contribution in [0.15, 0.2) is 41.1 Å². The van der Waals surface area contributed by atoms with Gasteiger partial charge >= 0.3 is 0 Å². The van der Waals surface area contributed by atoms with Crippen LogP contribution in [-0.4, -0.2) is 29.8 Å². The molecule has 1 amide bonds. The van der Waals surface area contributed by atoms with Crippen molar-refractivity contribution in [2.24, 2.45) is 0 Å². The van der Waals surface area contributed by atoms with Gasteiger partial charge in [0.05, 0.1) is 0 Å². The van der Waals surface area contributed by atoms with E-state index in [1.807, 2.05) is 18.2 Å². The fourth-order valence-electron chi connectivity index (χ4n) is 2.52. The van der Waals surface area contributed by atoms with Crippen LogP contribution in [0, 0.1) is 0 Å². The molecule has 2 heterocycles. The molecule has 122 valence electrons. The minimum absolute atomic E-state index is 0.134. The van der Waals surface area contributed by atoms with Crippen molar-refractivity contribution in [3.8, 4) is 0 Å². The molecule has 3 rings (SSSR count). The smallest absolute Gasteiger partial charge is 0.273 e. The molecule has 23 heavy (non-hydrogen) atoms. The van der Waals surface area contributed by atoms with E-state index in [1.165, 1.54) is 12.0 Å². The summed E-state index contributed by atoms with van der Waals surface area (Å²) in [6.45, 7) is 1.32. The molecule has 0 spiro atoms. The molecule has 0 bridgehead atoms. The van der Waals surface area contributed by atoms with E-state index in [4.69, 9.17) is 9.15 Å². The molecular weight excluding hydrogens is 312 g/mol. The van der Waals surface area contributed by atoms with Crippen molar-refractivity contribution in [2.45, 2.75) is 24.7 Å². The molecule has 1 N–H and O–H groups in total. The fourth-order valence-corrected chi connectivity index (χ4v) is 3.34. The standard InChI is InChI=1S/C17H20N2O3S/c20-17(15-16(22-12-19-15)14-7-4-9-21-14)18-8-10-23-11-13-5-2-1-3-6-13/h1-3,5-6,12,14H,4,7-11H2,(H,18,20). The summed E-state index contributed by atoms with van der Waals surface area (Å²) in [5, 5.41) is 2.90. The van der Waals surface area contributed by atoms with Gasteiger partial charge < -0.3 is 14.5 Å². The number of benzene rings is 1. The Bertz CT molecular complexity index is 624. The third-order valence-electron chi connectivity index (χ3n) is 3.68. The van der Waals surface area contributed by atoms with E-state index in [9.17, 15) is 4.79 Å². The molecule has 5 nitrogen and oxygen atoms in total. The zero-order valence-electron chi connectivity index (χ0n) is 12.9. The summed E-state index contributed by atoms with van der Waals surface area (Å²) in [7, 11) is 0. The number of oxazole rings is 1. The Hall–Kier alpha value is -1.79. The molecule has 0 radical (unpaired) electrons. The summed E-state index contributed by atoms with van der Waals surface area (Å²) in [6, 6.07) is 10.3. The lowest BCUT2D eigenvalue weighted by molar-refractivity contribution is 0.0863. The van der Waals surface area contributed by atoms with Crippen molar-refractivity contribution in [3.63, 3.8) is 0 Å². The Balaban J connectivity index is 1.42. The van der Waals surface area contributed by atoms with Gasteiger partial charge in [0.2, 0.25) is 0 Å². The molecule has 1 fully saturated rings. The predicted octanol–water partition coefficient (Wildman–Crippen LogP) is 3.19. The van der Waals surface area contributed by atoms with Crippen LogP contribution in [-0.2, 0) is 10.5 Å². The number of amides is 1. The maximum absolute atomic E-state index is 12.2. The van der Waals surface area contributed by atoms with E-state index in [0.29, 0.717) is 24.6 Å². The summed E-state index contributed by atoms with van der Waals surface area (Å²) >= 11 is 1.79. The second kappa shape index (κ2) is 8.17. The van der Waals surface area contributed by atoms with Crippen molar-refractivity contribution in [2.75, 3.05) is 18.9 Å². The highest BCUT2D eigenvalue weighted by Gasteiger charge is 2.27. The number of rotatable bonds is 7. The van der Waals surface area contributed by atoms with Crippen LogP contribution < -0.4 is 5.32 Å². The second-order valence-corrected chi connectivity index (χ2v) is 6.47. The third-order valence-corrected chi connectivity index (χ3v) is 4.71. The summed E-state index contributed by atoms with van der Waals surface area (Å²) in [5.41, 5.74) is 1.64. The predicted molar refractivity (Wildman–Crippen MR) is 89.4 cm³/mol. The van der Waals surface area contributed by atoms with Gasteiger partial charge in [0, 0.05) is 24.7 Å². The van der Waals surface area contributed by atoms with Crippen LogP contribution in [0.5, 0.6) is 0 Å². The Labute approximate surface area is 139 Å². The van der Waals surface area contributed by atoms with Crippen LogP contribution in [0.1, 0.15) is 40.8 Å². The van der Waals surface area contributed by atoms with Crippen molar-refractivity contribution in [1.29, 1.82) is 0 Å². The molecule has 1 unspecified atom stereocenters. The van der Waals surface area contributed by atoms with Crippen LogP contribution in [0.3, 0.4) is 0 Å². The highest BCUT2D eigenvalue weighted by atomic mass is 32.2. The highest BCUT2D eigenvalue weighted by Crippen LogP contribution is 2.30. The van der Waals surface area contributed by atoms with Gasteiger partial charge in [-0.1, -0.05) is 30.3 Å². The molecule has 0 aliphatic carbocycles. The number of carbonyl (C=O) groups excluding carboxylic acids is 1. The summed E-state index contributed by atoms with van der Waals surface area (Å²) in [5.74, 6) is 2.16. The molecule has 1 aromatic carbocycles. The SMILES string of the molecule is O=C(NCCSCc1ccccc1)c1ncoc1C1CCCO1. The lowest BCUT2D eigenvalue weighted by Gasteiger charge is -2.08. The number of nitrogens with one attached hydrogen (secondary N) is 1. The van der Waals surface area contributed by atoms with Crippen molar-refractivity contribution < 1.29 is 13.9 Å². The third kappa shape index (κ3) is 4.36. The second-order valence-electron chi connectivity index (χ2n) is 5.36. The van der Waals surface area contributed by atoms with E-state index >= 15 is 0 Å². The Morgan fingerprint density at radius 2 is 2.22 bits per heavy atom. The normalized spacial score (nSPS) is 17.3. The van der Waals surface area contributed by atoms with Crippen molar-refractivity contribution in [3.05, 3.63) is 53.7 Å². The molecule has 2 aromatic rings. The molecular formula is C17H20N2O3S. The maximum atomic E-state index is 12.2. The number of hydrogen-bond donors (Lipinski definition) is 1. The summed E-state index contributed by atoms with van der Waals surface area (Å²) < 4.78 is 10.9. The van der Waals surface area contributed by atoms with Gasteiger partial charge in [-0.05, 0) is 18.4 Å². The topological polar surface area (TPSA) is 64.4 Å². The Kier molecular flexibility index (Phi) is 5.71. The zero-order valence-corrected chi connectivity index (χ0v) is 13.7. The van der Waals surface area contributed by atoms with Gasteiger partial charge in [-0.15, -0.1) is 0 Å². The molecule has 1 aliphatic heterocycles. The monoisotopic (exact) mass is 332 g/mol. The lowest BCUT2D eigenvalue weighted by Crippen LogP contribution is -2.27. The number of carbonyl (C=O) groups is 1. The van der Waals surface area contributed by atoms with Gasteiger partial charge in [-0.25, -0.2) is 4.98 Å². The first-order valence-electron chi connectivity index (χ1n) is 7.79. The first kappa shape index (κ1) is 16.1. The molecule has 1 aliphatic rings. The fraction of sp³-hybridized carbons (Fsp3) is 0.412. The van der Waals surface area contributed by atoms with Crippen LogP contribution in [0.25, 0.3) is 0 Å². The van der Waals surface area contributed by atoms with Gasteiger partial charge in [-0.2, -0.15) is 11.8 Å². The van der Waals surface area contributed by atoms with E-state index < -0.39 is 0 Å². The average Bonchev–Trinajstić information content (AvgIpc) is 3.26. The van der Waals surface area contributed by atoms with Crippen molar-refractivity contribution >= 4 is 17.7 Å². The maximum Gasteiger partial charge on any atom is 0.273 e. The molecule has 1 aromatic heterocycles. The van der Waals surface area contributed by atoms with Gasteiger partial charge in [0.1, 0.15) is 6.10 Å². The number of aromatic nitrogens is 1. The van der Waals surface area contributed by atoms with E-state index in [-0.39, 0.29) is 12.0 Å². The number of hydrogen-bond acceptors (Lipinski definition) is 5. The van der Waals surface area contributed by atoms with Crippen LogP contribution in [0.2, 0.25) is 0 Å². The zero-order chi connectivity index (χ0) is 15.9. The summed E-state index contributed by atoms with van der Waals surface area (Å²) in [6.07, 6.45) is 3.05. The quantitative estimate of drug-likeness (QED) is 0.789. The number of ether oxygens (including phenoxy) is 1.